The van der Waals surface area contributed by atoms with E-state index in [1.807, 2.05) is 0 Å². The second kappa shape index (κ2) is 3.11. The van der Waals surface area contributed by atoms with Crippen molar-refractivity contribution in [3.05, 3.63) is 11.6 Å². The molecular weight excluding hydrogens is 164 g/mol. The van der Waals surface area contributed by atoms with Crippen molar-refractivity contribution in [1.29, 1.82) is 0 Å². The molecule has 4 N–H and O–H groups in total. The maximum Gasteiger partial charge on any atom is 0.284 e. The van der Waals surface area contributed by atoms with E-state index in [-0.39, 0.29) is 5.84 Å². The summed E-state index contributed by atoms with van der Waals surface area (Å²) in [5.74, 6) is -0.958. The van der Waals surface area contributed by atoms with Crippen LogP contribution in [0.5, 0.6) is 0 Å². The fourth-order valence-electron chi connectivity index (χ4n) is 0.429. The van der Waals surface area contributed by atoms with Crippen LogP contribution in [0.3, 0.4) is 0 Å². The number of thiazole rings is 1. The van der Waals surface area contributed by atoms with Crippen LogP contribution in [0.2, 0.25) is 0 Å². The van der Waals surface area contributed by atoms with Gasteiger partial charge in [0.25, 0.3) is 5.91 Å². The highest BCUT2D eigenvalue weighted by Crippen LogP contribution is 2.13. The van der Waals surface area contributed by atoms with Gasteiger partial charge in [-0.2, -0.15) is 4.99 Å². The highest BCUT2D eigenvalue weighted by atomic mass is 32.1. The van der Waals surface area contributed by atoms with Gasteiger partial charge in [0.2, 0.25) is 5.13 Å². The van der Waals surface area contributed by atoms with Gasteiger partial charge in [-0.3, -0.25) is 4.79 Å². The Kier molecular flexibility index (Phi) is 2.17. The Labute approximate surface area is 66.8 Å². The third-order valence-corrected chi connectivity index (χ3v) is 1.55. The molecule has 0 unspecified atom stereocenters. The molecule has 0 bridgehead atoms. The van der Waals surface area contributed by atoms with Crippen LogP contribution in [0.25, 0.3) is 0 Å². The Hall–Kier alpha value is -1.43. The number of hydrogen-bond donors (Lipinski definition) is 2. The van der Waals surface area contributed by atoms with Crippen molar-refractivity contribution in [3.8, 4) is 0 Å². The minimum Gasteiger partial charge on any atom is -0.379 e. The van der Waals surface area contributed by atoms with Gasteiger partial charge in [-0.1, -0.05) is 0 Å². The standard InChI is InChI=1S/C5H6N4OS/c6-3(4(7)10)9-5-8-1-2-11-5/h1-2H,(H2,7,10)(H2,6,8,9). The van der Waals surface area contributed by atoms with E-state index in [9.17, 15) is 4.79 Å². The van der Waals surface area contributed by atoms with Crippen LogP contribution in [-0.4, -0.2) is 16.7 Å². The Morgan fingerprint density at radius 1 is 1.64 bits per heavy atom. The fraction of sp³-hybridized carbons (Fsp3) is 0. The number of aromatic nitrogens is 1. The minimum atomic E-state index is -0.736. The molecule has 0 aliphatic rings. The molecule has 0 saturated heterocycles. The number of nitrogens with zero attached hydrogens (tertiary/aromatic N) is 2. The maximum atomic E-state index is 10.4. The van der Waals surface area contributed by atoms with Gasteiger partial charge in [0.1, 0.15) is 0 Å². The number of nitrogens with two attached hydrogens (primary N) is 2. The highest BCUT2D eigenvalue weighted by molar-refractivity contribution is 7.13. The molecule has 1 aromatic heterocycles. The molecule has 0 aliphatic carbocycles. The molecule has 1 heterocycles. The van der Waals surface area contributed by atoms with Crippen LogP contribution in [0.15, 0.2) is 16.6 Å². The summed E-state index contributed by atoms with van der Waals surface area (Å²) in [6.07, 6.45) is 1.57. The van der Waals surface area contributed by atoms with E-state index in [0.29, 0.717) is 5.13 Å². The predicted molar refractivity (Wildman–Crippen MR) is 42.6 cm³/mol. The van der Waals surface area contributed by atoms with E-state index in [0.717, 1.165) is 0 Å². The molecule has 0 spiro atoms. The minimum absolute atomic E-state index is 0.222. The quantitative estimate of drug-likeness (QED) is 0.444. The van der Waals surface area contributed by atoms with Gasteiger partial charge in [-0.05, 0) is 0 Å². The first-order valence-electron chi connectivity index (χ1n) is 2.73. The Morgan fingerprint density at radius 2 is 2.36 bits per heavy atom. The van der Waals surface area contributed by atoms with Crippen LogP contribution >= 0.6 is 11.3 Å². The molecule has 0 atom stereocenters. The molecular formula is C5H6N4OS. The summed E-state index contributed by atoms with van der Waals surface area (Å²) >= 11 is 1.28. The lowest BCUT2D eigenvalue weighted by Crippen LogP contribution is -2.30. The number of aliphatic imine (C=N–C) groups is 1. The SMILES string of the molecule is NC(=O)C(N)=Nc1nccs1. The van der Waals surface area contributed by atoms with Gasteiger partial charge >= 0.3 is 0 Å². The summed E-state index contributed by atoms with van der Waals surface area (Å²) in [6, 6.07) is 0. The molecule has 58 valence electrons. The number of primary amides is 1. The van der Waals surface area contributed by atoms with E-state index in [4.69, 9.17) is 11.5 Å². The normalized spacial score (nSPS) is 11.5. The molecule has 0 aliphatic heterocycles. The van der Waals surface area contributed by atoms with Gasteiger partial charge in [0, 0.05) is 11.6 Å². The first-order chi connectivity index (χ1) is 5.20. The molecule has 11 heavy (non-hydrogen) atoms. The summed E-state index contributed by atoms with van der Waals surface area (Å²) in [5, 5.41) is 2.16. The van der Waals surface area contributed by atoms with E-state index < -0.39 is 5.91 Å². The molecule has 1 rings (SSSR count). The van der Waals surface area contributed by atoms with E-state index >= 15 is 0 Å². The van der Waals surface area contributed by atoms with Crippen molar-refractivity contribution in [2.45, 2.75) is 0 Å². The number of carbonyl (C=O) groups excluding carboxylic acids is 1. The van der Waals surface area contributed by atoms with Crippen LogP contribution < -0.4 is 11.5 Å². The largest absolute Gasteiger partial charge is 0.379 e. The zero-order valence-corrected chi connectivity index (χ0v) is 6.34. The van der Waals surface area contributed by atoms with Gasteiger partial charge < -0.3 is 11.5 Å². The topological polar surface area (TPSA) is 94.4 Å². The van der Waals surface area contributed by atoms with E-state index in [1.54, 1.807) is 11.6 Å². The van der Waals surface area contributed by atoms with Gasteiger partial charge in [-0.25, -0.2) is 4.98 Å². The Morgan fingerprint density at radius 3 is 2.82 bits per heavy atom. The van der Waals surface area contributed by atoms with Gasteiger partial charge in [0.05, 0.1) is 0 Å². The molecule has 1 aromatic rings. The second-order valence-electron chi connectivity index (χ2n) is 1.68. The molecule has 1 amide bonds. The zero-order chi connectivity index (χ0) is 8.27. The van der Waals surface area contributed by atoms with Crippen molar-refractivity contribution in [2.24, 2.45) is 16.5 Å². The van der Waals surface area contributed by atoms with Crippen LogP contribution in [0.1, 0.15) is 0 Å². The van der Waals surface area contributed by atoms with Crippen molar-refractivity contribution >= 4 is 28.2 Å². The van der Waals surface area contributed by atoms with E-state index in [2.05, 4.69) is 9.98 Å². The molecule has 0 aromatic carbocycles. The van der Waals surface area contributed by atoms with Gasteiger partial charge in [0.15, 0.2) is 5.84 Å². The summed E-state index contributed by atoms with van der Waals surface area (Å²) in [4.78, 5) is 17.8. The van der Waals surface area contributed by atoms with Crippen LogP contribution in [0, 0.1) is 0 Å². The molecule has 0 fully saturated rings. The average Bonchev–Trinajstić information content (AvgIpc) is 2.39. The third kappa shape index (κ3) is 2.01. The lowest BCUT2D eigenvalue weighted by atomic mass is 10.6. The first-order valence-corrected chi connectivity index (χ1v) is 3.61. The van der Waals surface area contributed by atoms with Crippen molar-refractivity contribution in [2.75, 3.05) is 0 Å². The fourth-order valence-corrected chi connectivity index (χ4v) is 0.945. The first kappa shape index (κ1) is 7.67. The third-order valence-electron chi connectivity index (χ3n) is 0.888. The summed E-state index contributed by atoms with van der Waals surface area (Å²) in [7, 11) is 0. The molecule has 6 heteroatoms. The monoisotopic (exact) mass is 170 g/mol. The highest BCUT2D eigenvalue weighted by Gasteiger charge is 2.00. The van der Waals surface area contributed by atoms with Crippen LogP contribution in [0.4, 0.5) is 5.13 Å². The lowest BCUT2D eigenvalue weighted by molar-refractivity contribution is -0.112. The van der Waals surface area contributed by atoms with Crippen LogP contribution in [-0.2, 0) is 4.79 Å². The molecule has 0 saturated carbocycles. The number of rotatable bonds is 1. The van der Waals surface area contributed by atoms with Crippen molar-refractivity contribution < 1.29 is 4.79 Å². The summed E-state index contributed by atoms with van der Waals surface area (Å²) in [6.45, 7) is 0. The smallest absolute Gasteiger partial charge is 0.284 e. The summed E-state index contributed by atoms with van der Waals surface area (Å²) < 4.78 is 0. The number of amides is 1. The molecule has 0 radical (unpaired) electrons. The second-order valence-corrected chi connectivity index (χ2v) is 2.55. The lowest BCUT2D eigenvalue weighted by Gasteiger charge is -1.89. The number of carbonyl (C=O) groups is 1. The van der Waals surface area contributed by atoms with Gasteiger partial charge in [-0.15, -0.1) is 11.3 Å². The maximum absolute atomic E-state index is 10.4. The Bertz CT molecular complexity index is 279. The zero-order valence-electron chi connectivity index (χ0n) is 5.52. The molecule has 5 nitrogen and oxygen atoms in total. The number of amidine groups is 1. The average molecular weight is 170 g/mol. The van der Waals surface area contributed by atoms with Crippen molar-refractivity contribution in [3.63, 3.8) is 0 Å². The van der Waals surface area contributed by atoms with E-state index in [1.165, 1.54) is 11.3 Å². The summed E-state index contributed by atoms with van der Waals surface area (Å²) in [5.41, 5.74) is 9.98. The number of hydrogen-bond acceptors (Lipinski definition) is 4. The predicted octanol–water partition coefficient (Wildman–Crippen LogP) is -0.383. The Balaban J connectivity index is 2.82. The van der Waals surface area contributed by atoms with Crippen molar-refractivity contribution in [1.82, 2.24) is 4.98 Å².